The predicted octanol–water partition coefficient (Wildman–Crippen LogP) is 4.18. The molecule has 0 bridgehead atoms. The van der Waals surface area contributed by atoms with Gasteiger partial charge in [0.2, 0.25) is 0 Å². The number of halogens is 3. The Kier molecular flexibility index (Phi) is 4.58. The Morgan fingerprint density at radius 1 is 1.27 bits per heavy atom. The number of hydrogen-bond acceptors (Lipinski definition) is 3. The number of methoxy groups -OCH3 is 1. The van der Waals surface area contributed by atoms with Crippen LogP contribution in [0.15, 0.2) is 42.6 Å². The van der Waals surface area contributed by atoms with Gasteiger partial charge in [-0.05, 0) is 30.7 Å². The van der Waals surface area contributed by atoms with E-state index in [1.807, 2.05) is 0 Å². The number of benzene rings is 1. The molecule has 2 aromatic heterocycles. The fraction of sp³-hybridized carbons (Fsp3) is 0.222. The van der Waals surface area contributed by atoms with Crippen LogP contribution in [0.2, 0.25) is 0 Å². The Bertz CT molecular complexity index is 964. The standard InChI is InChI=1S/C18H16F3N3O2/c1-3-14-16(17(25)22-12-5-4-6-13(9-12)26-2)24-10-11(18(19,20)21)7-8-15(24)23-14/h4-10H,3H2,1-2H3,(H,22,25). The van der Waals surface area contributed by atoms with Gasteiger partial charge in [0.1, 0.15) is 17.1 Å². The number of alkyl halides is 3. The number of amides is 1. The van der Waals surface area contributed by atoms with E-state index in [-0.39, 0.29) is 11.3 Å². The zero-order chi connectivity index (χ0) is 18.9. The number of ether oxygens (including phenoxy) is 1. The molecule has 0 radical (unpaired) electrons. The summed E-state index contributed by atoms with van der Waals surface area (Å²) >= 11 is 0. The third kappa shape index (κ3) is 3.35. The number of carbonyl (C=O) groups excluding carboxylic acids is 1. The lowest BCUT2D eigenvalue weighted by molar-refractivity contribution is -0.137. The number of hydrogen-bond donors (Lipinski definition) is 1. The van der Waals surface area contributed by atoms with Crippen LogP contribution in [-0.2, 0) is 12.6 Å². The molecule has 3 rings (SSSR count). The van der Waals surface area contributed by atoms with Gasteiger partial charge in [-0.25, -0.2) is 4.98 Å². The van der Waals surface area contributed by atoms with Crippen LogP contribution < -0.4 is 10.1 Å². The molecule has 1 aromatic carbocycles. The van der Waals surface area contributed by atoms with Gasteiger partial charge in [0.05, 0.1) is 18.4 Å². The summed E-state index contributed by atoms with van der Waals surface area (Å²) in [7, 11) is 1.50. The van der Waals surface area contributed by atoms with Gasteiger partial charge in [-0.3, -0.25) is 9.20 Å². The number of nitrogens with one attached hydrogen (secondary N) is 1. The Morgan fingerprint density at radius 3 is 2.69 bits per heavy atom. The fourth-order valence-corrected chi connectivity index (χ4v) is 2.64. The third-order valence-corrected chi connectivity index (χ3v) is 3.90. The largest absolute Gasteiger partial charge is 0.497 e. The van der Waals surface area contributed by atoms with Crippen molar-refractivity contribution in [3.05, 3.63) is 59.5 Å². The summed E-state index contributed by atoms with van der Waals surface area (Å²) in [5.74, 6) is 0.0120. The molecule has 26 heavy (non-hydrogen) atoms. The number of aryl methyl sites for hydroxylation is 1. The highest BCUT2D eigenvalue weighted by atomic mass is 19.4. The number of anilines is 1. The molecule has 0 spiro atoms. The highest BCUT2D eigenvalue weighted by Crippen LogP contribution is 2.30. The van der Waals surface area contributed by atoms with Gasteiger partial charge in [0.15, 0.2) is 0 Å². The van der Waals surface area contributed by atoms with E-state index in [9.17, 15) is 18.0 Å². The molecule has 0 saturated heterocycles. The highest BCUT2D eigenvalue weighted by Gasteiger charge is 2.31. The van der Waals surface area contributed by atoms with E-state index in [1.54, 1.807) is 31.2 Å². The molecule has 0 atom stereocenters. The van der Waals surface area contributed by atoms with E-state index in [0.29, 0.717) is 23.6 Å². The topological polar surface area (TPSA) is 55.6 Å². The number of imidazole rings is 1. The van der Waals surface area contributed by atoms with Crippen molar-refractivity contribution in [2.45, 2.75) is 19.5 Å². The zero-order valence-corrected chi connectivity index (χ0v) is 14.1. The van der Waals surface area contributed by atoms with Crippen LogP contribution in [0, 0.1) is 0 Å². The lowest BCUT2D eigenvalue weighted by Crippen LogP contribution is -2.17. The molecule has 0 unspecified atom stereocenters. The summed E-state index contributed by atoms with van der Waals surface area (Å²) in [6, 6.07) is 8.91. The molecule has 0 aliphatic carbocycles. The van der Waals surface area contributed by atoms with Crippen LogP contribution in [0.1, 0.15) is 28.7 Å². The third-order valence-electron chi connectivity index (χ3n) is 3.90. The van der Waals surface area contributed by atoms with Crippen molar-refractivity contribution in [1.29, 1.82) is 0 Å². The van der Waals surface area contributed by atoms with Gasteiger partial charge in [-0.15, -0.1) is 0 Å². The first-order chi connectivity index (χ1) is 12.3. The SMILES string of the molecule is CCc1nc2ccc(C(F)(F)F)cn2c1C(=O)Nc1cccc(OC)c1. The van der Waals surface area contributed by atoms with Crippen molar-refractivity contribution >= 4 is 17.2 Å². The lowest BCUT2D eigenvalue weighted by Gasteiger charge is -2.10. The second kappa shape index (κ2) is 6.70. The van der Waals surface area contributed by atoms with E-state index in [1.165, 1.54) is 17.6 Å². The van der Waals surface area contributed by atoms with Crippen molar-refractivity contribution < 1.29 is 22.7 Å². The van der Waals surface area contributed by atoms with E-state index >= 15 is 0 Å². The number of rotatable bonds is 4. The smallest absolute Gasteiger partial charge is 0.417 e. The molecule has 0 saturated carbocycles. The number of pyridine rings is 1. The first-order valence-electron chi connectivity index (χ1n) is 7.87. The molecule has 5 nitrogen and oxygen atoms in total. The summed E-state index contributed by atoms with van der Waals surface area (Å²) in [6.45, 7) is 1.79. The zero-order valence-electron chi connectivity index (χ0n) is 14.1. The average Bonchev–Trinajstić information content (AvgIpc) is 2.99. The van der Waals surface area contributed by atoms with Crippen molar-refractivity contribution in [2.24, 2.45) is 0 Å². The minimum absolute atomic E-state index is 0.0800. The van der Waals surface area contributed by atoms with Crippen molar-refractivity contribution in [3.63, 3.8) is 0 Å². The Morgan fingerprint density at radius 2 is 2.04 bits per heavy atom. The van der Waals surface area contributed by atoms with E-state index < -0.39 is 17.6 Å². The molecule has 0 fully saturated rings. The molecule has 0 aliphatic heterocycles. The van der Waals surface area contributed by atoms with Gasteiger partial charge in [0.25, 0.3) is 5.91 Å². The van der Waals surface area contributed by atoms with Gasteiger partial charge in [-0.1, -0.05) is 13.0 Å². The second-order valence-electron chi connectivity index (χ2n) is 5.59. The van der Waals surface area contributed by atoms with E-state index in [4.69, 9.17) is 4.74 Å². The molecule has 0 aliphatic rings. The predicted molar refractivity (Wildman–Crippen MR) is 90.5 cm³/mol. The second-order valence-corrected chi connectivity index (χ2v) is 5.59. The maximum atomic E-state index is 13.0. The minimum atomic E-state index is -4.51. The van der Waals surface area contributed by atoms with Crippen LogP contribution in [0.4, 0.5) is 18.9 Å². The molecule has 2 heterocycles. The summed E-state index contributed by atoms with van der Waals surface area (Å²) < 4.78 is 45.3. The van der Waals surface area contributed by atoms with Crippen molar-refractivity contribution in [3.8, 4) is 5.75 Å². The lowest BCUT2D eigenvalue weighted by atomic mass is 10.2. The van der Waals surface area contributed by atoms with Crippen LogP contribution in [0.5, 0.6) is 5.75 Å². The van der Waals surface area contributed by atoms with Gasteiger partial charge < -0.3 is 10.1 Å². The summed E-state index contributed by atoms with van der Waals surface area (Å²) in [5.41, 5.74) is 0.408. The molecular formula is C18H16F3N3O2. The van der Waals surface area contributed by atoms with E-state index in [2.05, 4.69) is 10.3 Å². The molecule has 8 heteroatoms. The number of fused-ring (bicyclic) bond motifs is 1. The highest BCUT2D eigenvalue weighted by molar-refractivity contribution is 6.04. The number of aromatic nitrogens is 2. The average molecular weight is 363 g/mol. The molecule has 136 valence electrons. The number of nitrogens with zero attached hydrogens (tertiary/aromatic N) is 2. The van der Waals surface area contributed by atoms with Crippen LogP contribution >= 0.6 is 0 Å². The summed E-state index contributed by atoms with van der Waals surface area (Å²) in [5, 5.41) is 2.68. The molecule has 1 amide bonds. The fourth-order valence-electron chi connectivity index (χ4n) is 2.64. The van der Waals surface area contributed by atoms with Gasteiger partial charge in [-0.2, -0.15) is 13.2 Å². The maximum Gasteiger partial charge on any atom is 0.417 e. The first-order valence-corrected chi connectivity index (χ1v) is 7.87. The van der Waals surface area contributed by atoms with Crippen LogP contribution in [-0.4, -0.2) is 22.4 Å². The van der Waals surface area contributed by atoms with Gasteiger partial charge in [0, 0.05) is 18.0 Å². The van der Waals surface area contributed by atoms with Crippen LogP contribution in [0.3, 0.4) is 0 Å². The Hall–Kier alpha value is -3.03. The summed E-state index contributed by atoms with van der Waals surface area (Å²) in [4.78, 5) is 17.0. The summed E-state index contributed by atoms with van der Waals surface area (Å²) in [6.07, 6.45) is -3.21. The van der Waals surface area contributed by atoms with Gasteiger partial charge >= 0.3 is 6.18 Å². The normalized spacial score (nSPS) is 11.6. The Balaban J connectivity index is 2.05. The van der Waals surface area contributed by atoms with Crippen LogP contribution in [0.25, 0.3) is 5.65 Å². The minimum Gasteiger partial charge on any atom is -0.497 e. The Labute approximate surface area is 147 Å². The van der Waals surface area contributed by atoms with E-state index in [0.717, 1.165) is 12.3 Å². The molecular weight excluding hydrogens is 347 g/mol. The first kappa shape index (κ1) is 17.8. The quantitative estimate of drug-likeness (QED) is 0.757. The van der Waals surface area contributed by atoms with Crippen molar-refractivity contribution in [2.75, 3.05) is 12.4 Å². The van der Waals surface area contributed by atoms with Crippen molar-refractivity contribution in [1.82, 2.24) is 9.38 Å². The maximum absolute atomic E-state index is 13.0. The molecule has 1 N–H and O–H groups in total. The number of carbonyl (C=O) groups is 1. The monoisotopic (exact) mass is 363 g/mol. The molecule has 3 aromatic rings.